The summed E-state index contributed by atoms with van der Waals surface area (Å²) in [6.45, 7) is 7.82. The lowest BCUT2D eigenvalue weighted by molar-refractivity contribution is -0.140. The molecule has 0 spiro atoms. The molecule has 5 heteroatoms. The van der Waals surface area contributed by atoms with Crippen LogP contribution < -0.4 is 4.90 Å². The lowest BCUT2D eigenvalue weighted by Crippen LogP contribution is -2.51. The fourth-order valence-electron chi connectivity index (χ4n) is 3.31. The minimum Gasteiger partial charge on any atom is -0.354 e. The van der Waals surface area contributed by atoms with Gasteiger partial charge in [-0.15, -0.1) is 0 Å². The van der Waals surface area contributed by atoms with E-state index in [9.17, 15) is 4.79 Å². The number of hydrogen-bond donors (Lipinski definition) is 0. The zero-order valence-electron chi connectivity index (χ0n) is 14.7. The number of rotatable bonds is 3. The molecule has 0 bridgehead atoms. The molecule has 1 aliphatic carbocycles. The summed E-state index contributed by atoms with van der Waals surface area (Å²) in [5, 5.41) is 0. The van der Waals surface area contributed by atoms with Crippen LogP contribution in [0.25, 0.3) is 0 Å². The van der Waals surface area contributed by atoms with E-state index in [0.717, 1.165) is 31.7 Å². The summed E-state index contributed by atoms with van der Waals surface area (Å²) in [6, 6.07) is 2.40. The Morgan fingerprint density at radius 1 is 1.26 bits per heavy atom. The van der Waals surface area contributed by atoms with Gasteiger partial charge >= 0.3 is 0 Å². The number of amides is 1. The predicted molar refractivity (Wildman–Crippen MR) is 91.5 cm³/mol. The van der Waals surface area contributed by atoms with Crippen molar-refractivity contribution in [3.63, 3.8) is 0 Å². The normalized spacial score (nSPS) is 22.1. The van der Waals surface area contributed by atoms with Gasteiger partial charge in [0, 0.05) is 49.3 Å². The van der Waals surface area contributed by atoms with E-state index in [1.807, 2.05) is 32.7 Å². The van der Waals surface area contributed by atoms with Crippen molar-refractivity contribution >= 4 is 11.7 Å². The van der Waals surface area contributed by atoms with Crippen molar-refractivity contribution in [1.82, 2.24) is 14.9 Å². The Morgan fingerprint density at radius 3 is 2.65 bits per heavy atom. The Bertz CT molecular complexity index is 577. The Hall–Kier alpha value is -1.65. The first-order chi connectivity index (χ1) is 10.9. The van der Waals surface area contributed by atoms with Crippen LogP contribution in [0.2, 0.25) is 0 Å². The molecule has 0 aromatic carbocycles. The van der Waals surface area contributed by atoms with Crippen molar-refractivity contribution in [2.24, 2.45) is 5.41 Å². The number of aromatic nitrogens is 2. The Labute approximate surface area is 139 Å². The molecule has 1 saturated carbocycles. The molecule has 0 radical (unpaired) electrons. The van der Waals surface area contributed by atoms with Gasteiger partial charge in [-0.05, 0) is 25.7 Å². The van der Waals surface area contributed by atoms with Crippen LogP contribution in [0.15, 0.2) is 12.4 Å². The second kappa shape index (κ2) is 6.10. The molecule has 1 aliphatic heterocycles. The molecule has 1 atom stereocenters. The lowest BCUT2D eigenvalue weighted by atomic mass is 9.93. The van der Waals surface area contributed by atoms with Crippen molar-refractivity contribution in [3.05, 3.63) is 18.1 Å². The van der Waals surface area contributed by atoms with Gasteiger partial charge in [-0.25, -0.2) is 9.97 Å². The van der Waals surface area contributed by atoms with Crippen LogP contribution in [0.5, 0.6) is 0 Å². The third kappa shape index (κ3) is 3.65. The van der Waals surface area contributed by atoms with Crippen molar-refractivity contribution in [3.8, 4) is 0 Å². The Kier molecular flexibility index (Phi) is 4.30. The molecule has 0 N–H and O–H groups in total. The van der Waals surface area contributed by atoms with Gasteiger partial charge < -0.3 is 9.80 Å². The summed E-state index contributed by atoms with van der Waals surface area (Å²) in [5.41, 5.74) is 0.849. The monoisotopic (exact) mass is 316 g/mol. The maximum absolute atomic E-state index is 12.5. The summed E-state index contributed by atoms with van der Waals surface area (Å²) < 4.78 is 0. The van der Waals surface area contributed by atoms with Crippen LogP contribution in [0.1, 0.15) is 58.1 Å². The maximum atomic E-state index is 12.5. The van der Waals surface area contributed by atoms with Crippen LogP contribution in [0.4, 0.5) is 5.82 Å². The van der Waals surface area contributed by atoms with Crippen LogP contribution in [-0.4, -0.2) is 47.0 Å². The van der Waals surface area contributed by atoms with Crippen molar-refractivity contribution in [2.75, 3.05) is 25.0 Å². The molecular formula is C18H28N4O. The van der Waals surface area contributed by atoms with Crippen LogP contribution in [-0.2, 0) is 4.79 Å². The van der Waals surface area contributed by atoms with Crippen LogP contribution in [0, 0.1) is 5.41 Å². The lowest BCUT2D eigenvalue weighted by Gasteiger charge is -2.40. The van der Waals surface area contributed by atoms with Gasteiger partial charge in [-0.1, -0.05) is 20.8 Å². The fraction of sp³-hybridized carbons (Fsp3) is 0.722. The first-order valence-corrected chi connectivity index (χ1v) is 8.70. The first-order valence-electron chi connectivity index (χ1n) is 8.70. The molecular weight excluding hydrogens is 288 g/mol. The number of nitrogens with zero attached hydrogens (tertiary/aromatic N) is 4. The SMILES string of the molecule is CN(C(=O)C(C)(C)C)C1CCCN(c2cc(C3CC3)ncn2)C1. The van der Waals surface area contributed by atoms with E-state index >= 15 is 0 Å². The highest BCUT2D eigenvalue weighted by Gasteiger charge is 2.32. The highest BCUT2D eigenvalue weighted by molar-refractivity contribution is 5.81. The maximum Gasteiger partial charge on any atom is 0.227 e. The summed E-state index contributed by atoms with van der Waals surface area (Å²) >= 11 is 0. The molecule has 1 aromatic rings. The van der Waals surface area contributed by atoms with E-state index in [1.165, 1.54) is 18.5 Å². The van der Waals surface area contributed by atoms with E-state index in [-0.39, 0.29) is 17.4 Å². The van der Waals surface area contributed by atoms with E-state index < -0.39 is 0 Å². The average molecular weight is 316 g/mol. The zero-order valence-corrected chi connectivity index (χ0v) is 14.7. The number of likely N-dealkylation sites (N-methyl/N-ethyl adjacent to an activating group) is 1. The highest BCUT2D eigenvalue weighted by Crippen LogP contribution is 2.39. The molecule has 1 saturated heterocycles. The average Bonchev–Trinajstić information content (AvgIpc) is 3.38. The van der Waals surface area contributed by atoms with Gasteiger partial charge in [0.25, 0.3) is 0 Å². The minimum atomic E-state index is -0.328. The van der Waals surface area contributed by atoms with Crippen molar-refractivity contribution < 1.29 is 4.79 Å². The number of hydrogen-bond acceptors (Lipinski definition) is 4. The van der Waals surface area contributed by atoms with Gasteiger partial charge in [0.15, 0.2) is 0 Å². The molecule has 3 rings (SSSR count). The summed E-state index contributed by atoms with van der Waals surface area (Å²) in [4.78, 5) is 25.7. The highest BCUT2D eigenvalue weighted by atomic mass is 16.2. The number of anilines is 1. The van der Waals surface area contributed by atoms with Gasteiger partial charge in [0.1, 0.15) is 12.1 Å². The van der Waals surface area contributed by atoms with Crippen LogP contribution in [0.3, 0.4) is 0 Å². The third-order valence-corrected chi connectivity index (χ3v) is 4.90. The van der Waals surface area contributed by atoms with E-state index in [2.05, 4.69) is 20.9 Å². The second-order valence-electron chi connectivity index (χ2n) is 7.98. The molecule has 5 nitrogen and oxygen atoms in total. The van der Waals surface area contributed by atoms with Crippen molar-refractivity contribution in [2.45, 2.75) is 58.4 Å². The topological polar surface area (TPSA) is 49.3 Å². The van der Waals surface area contributed by atoms with Crippen molar-refractivity contribution in [1.29, 1.82) is 0 Å². The molecule has 2 fully saturated rings. The predicted octanol–water partition coefficient (Wildman–Crippen LogP) is 2.83. The second-order valence-corrected chi connectivity index (χ2v) is 7.98. The number of piperidine rings is 1. The molecule has 126 valence electrons. The van der Waals surface area contributed by atoms with E-state index in [0.29, 0.717) is 5.92 Å². The summed E-state index contributed by atoms with van der Waals surface area (Å²) in [6.07, 6.45) is 6.35. The molecule has 1 amide bonds. The Balaban J connectivity index is 1.70. The fourth-order valence-corrected chi connectivity index (χ4v) is 3.31. The van der Waals surface area contributed by atoms with Gasteiger partial charge in [-0.2, -0.15) is 0 Å². The van der Waals surface area contributed by atoms with E-state index in [1.54, 1.807) is 6.33 Å². The first kappa shape index (κ1) is 16.2. The van der Waals surface area contributed by atoms with Gasteiger partial charge in [-0.3, -0.25) is 4.79 Å². The molecule has 1 unspecified atom stereocenters. The minimum absolute atomic E-state index is 0.214. The molecule has 2 aliphatic rings. The molecule has 2 heterocycles. The quantitative estimate of drug-likeness (QED) is 0.860. The van der Waals surface area contributed by atoms with Gasteiger partial charge in [0.2, 0.25) is 5.91 Å². The summed E-state index contributed by atoms with van der Waals surface area (Å²) in [7, 11) is 1.94. The van der Waals surface area contributed by atoms with Crippen LogP contribution >= 0.6 is 0 Å². The smallest absolute Gasteiger partial charge is 0.227 e. The standard InChI is InChI=1S/C18H28N4O/c1-18(2,3)17(23)21(4)14-6-5-9-22(11-14)16-10-15(13-7-8-13)19-12-20-16/h10,12-14H,5-9,11H2,1-4H3. The summed E-state index contributed by atoms with van der Waals surface area (Å²) in [5.74, 6) is 1.87. The Morgan fingerprint density at radius 2 is 2.00 bits per heavy atom. The number of carbonyl (C=O) groups is 1. The largest absolute Gasteiger partial charge is 0.354 e. The zero-order chi connectivity index (χ0) is 16.6. The molecule has 1 aromatic heterocycles. The van der Waals surface area contributed by atoms with E-state index in [4.69, 9.17) is 0 Å². The van der Waals surface area contributed by atoms with Gasteiger partial charge in [0.05, 0.1) is 0 Å². The number of carbonyl (C=O) groups excluding carboxylic acids is 1. The molecule has 23 heavy (non-hydrogen) atoms. The third-order valence-electron chi connectivity index (χ3n) is 4.90.